The molecule has 1 saturated heterocycles. The molecule has 2 aromatic heterocycles. The van der Waals surface area contributed by atoms with Crippen molar-refractivity contribution in [3.05, 3.63) is 47.5 Å². The van der Waals surface area contributed by atoms with Gasteiger partial charge in [-0.3, -0.25) is 18.2 Å². The van der Waals surface area contributed by atoms with E-state index in [9.17, 15) is 92.7 Å². The maximum Gasteiger partial charge on any atom is 0.336 e. The molecule has 2 aromatic carbocycles. The Morgan fingerprint density at radius 3 is 1.55 bits per heavy atom. The van der Waals surface area contributed by atoms with Gasteiger partial charge in [0.15, 0.2) is 0 Å². The number of rotatable bonds is 29. The molecule has 1 fully saturated rings. The predicted molar refractivity (Wildman–Crippen MR) is 257 cm³/mol. The Kier molecular flexibility index (Phi) is 19.0. The summed E-state index contributed by atoms with van der Waals surface area (Å²) >= 11 is 0. The summed E-state index contributed by atoms with van der Waals surface area (Å²) in [5, 5.41) is 90.5. The molecule has 73 heavy (non-hydrogen) atoms. The summed E-state index contributed by atoms with van der Waals surface area (Å²) in [5.74, 6) is -3.57. The van der Waals surface area contributed by atoms with Gasteiger partial charge >= 0.3 is 5.95 Å². The van der Waals surface area contributed by atoms with E-state index in [4.69, 9.17) is 0 Å². The largest absolute Gasteiger partial charge is 0.395 e. The molecule has 4 aromatic rings. The number of nitrogens with one attached hydrogen (secondary N) is 4. The third-order valence-corrected chi connectivity index (χ3v) is 14.2. The quantitative estimate of drug-likeness (QED) is 0.0106. The fourth-order valence-corrected chi connectivity index (χ4v) is 9.43. The number of aromatic nitrogens is 6. The van der Waals surface area contributed by atoms with Crippen molar-refractivity contribution in [1.82, 2.24) is 34.4 Å². The van der Waals surface area contributed by atoms with Gasteiger partial charge in [0, 0.05) is 37.6 Å². The first kappa shape index (κ1) is 58.4. The number of aliphatic hydroxyl groups excluding tert-OH is 8. The van der Waals surface area contributed by atoms with Gasteiger partial charge in [-0.15, -0.1) is 9.97 Å². The standard InChI is InChI=1S/C37H52N12O20S4/c50-11-9-48(17-26(55)27(56)18-52)35-44-31(38-7-13-70(58,59)60)42-33(45-35)40-24-5-3-22(28(15-24)72(64,65)66)1-2-23-4-6-25(16-29(23)73(67,68)69)41-34-43-32(39-8-14-71(61,62)63)46-36(47-34)49(10-12-51)20-37(49,21-54)30(57)19-53/h1-6,15-16,26-27,30,50-57H,7-14,17-21H2,(H7-,38,39,40,41,42,43,44,45,46,47,58,59,60,61,62,63,64,65,66,67,68,69)/p+1. The molecule has 32 nitrogen and oxygen atoms in total. The van der Waals surface area contributed by atoms with Gasteiger partial charge in [0.2, 0.25) is 35.3 Å². The zero-order chi connectivity index (χ0) is 54.2. The van der Waals surface area contributed by atoms with Gasteiger partial charge in [-0.2, -0.15) is 53.6 Å². The Hall–Kier alpha value is -5.52. The van der Waals surface area contributed by atoms with Gasteiger partial charge in [-0.1, -0.05) is 24.3 Å². The maximum absolute atomic E-state index is 12.8. The summed E-state index contributed by atoms with van der Waals surface area (Å²) in [6.07, 6.45) is -2.65. The average molecular weight is 1110 g/mol. The highest BCUT2D eigenvalue weighted by molar-refractivity contribution is 7.86. The predicted octanol–water partition coefficient (Wildman–Crippen LogP) is -4.28. The molecule has 0 radical (unpaired) electrons. The maximum atomic E-state index is 12.8. The first-order valence-electron chi connectivity index (χ1n) is 21.2. The molecule has 0 aliphatic carbocycles. The fraction of sp³-hybridized carbons (Fsp3) is 0.459. The van der Waals surface area contributed by atoms with E-state index in [1.165, 1.54) is 12.1 Å². The Bertz CT molecular complexity index is 3090. The molecule has 5 rings (SSSR count). The van der Waals surface area contributed by atoms with E-state index in [1.807, 2.05) is 0 Å². The van der Waals surface area contributed by atoms with E-state index in [-0.39, 0.29) is 77.8 Å². The van der Waals surface area contributed by atoms with Crippen LogP contribution in [0.3, 0.4) is 0 Å². The van der Waals surface area contributed by atoms with Gasteiger partial charge < -0.3 is 67.0 Å². The van der Waals surface area contributed by atoms with Crippen molar-refractivity contribution in [3.63, 3.8) is 0 Å². The first-order valence-corrected chi connectivity index (χ1v) is 27.3. The minimum atomic E-state index is -5.12. The van der Waals surface area contributed by atoms with Gasteiger partial charge in [0.05, 0.1) is 44.0 Å². The van der Waals surface area contributed by atoms with Crippen LogP contribution in [-0.2, 0) is 40.5 Å². The van der Waals surface area contributed by atoms with E-state index >= 15 is 0 Å². The highest BCUT2D eigenvalue weighted by atomic mass is 32.2. The lowest BCUT2D eigenvalue weighted by Gasteiger charge is -2.26. The molecule has 0 spiro atoms. The van der Waals surface area contributed by atoms with E-state index in [1.54, 1.807) is 0 Å². The van der Waals surface area contributed by atoms with Crippen LogP contribution < -0.4 is 30.7 Å². The summed E-state index contributed by atoms with van der Waals surface area (Å²) in [6, 6.07) is 6.63. The molecular formula is C37H53N12O20S4+. The molecular weight excluding hydrogens is 1060 g/mol. The monoisotopic (exact) mass is 1110 g/mol. The van der Waals surface area contributed by atoms with Crippen molar-refractivity contribution in [1.29, 1.82) is 0 Å². The molecule has 1 aliphatic heterocycles. The molecule has 0 amide bonds. The van der Waals surface area contributed by atoms with Crippen LogP contribution in [0.15, 0.2) is 46.2 Å². The van der Waals surface area contributed by atoms with Gasteiger partial charge in [-0.25, -0.2) is 4.48 Å². The van der Waals surface area contributed by atoms with Gasteiger partial charge in [-0.05, 0) is 35.4 Å². The average Bonchev–Trinajstić information content (AvgIpc) is 3.98. The van der Waals surface area contributed by atoms with Crippen LogP contribution in [0, 0.1) is 0 Å². The molecule has 5 atom stereocenters. The Morgan fingerprint density at radius 1 is 0.630 bits per heavy atom. The Labute approximate surface area is 416 Å². The Morgan fingerprint density at radius 2 is 1.11 bits per heavy atom. The van der Waals surface area contributed by atoms with Crippen LogP contribution in [0.4, 0.5) is 47.1 Å². The second kappa shape index (κ2) is 23.8. The molecule has 5 unspecified atom stereocenters. The van der Waals surface area contributed by atoms with Crippen molar-refractivity contribution in [3.8, 4) is 0 Å². The summed E-state index contributed by atoms with van der Waals surface area (Å²) in [6.45, 7) is -5.39. The van der Waals surface area contributed by atoms with Crippen molar-refractivity contribution < 1.29 is 92.7 Å². The van der Waals surface area contributed by atoms with Crippen molar-refractivity contribution in [2.75, 3.05) is 110 Å². The third-order valence-electron chi connectivity index (χ3n) is 11.0. The zero-order valence-electron chi connectivity index (χ0n) is 37.9. The number of benzene rings is 2. The third kappa shape index (κ3) is 15.3. The number of hydrogen-bond acceptors (Lipinski definition) is 27. The van der Waals surface area contributed by atoms with Crippen LogP contribution in [0.1, 0.15) is 11.1 Å². The fourth-order valence-electron chi connectivity index (χ4n) is 7.29. The molecule has 16 N–H and O–H groups in total. The minimum absolute atomic E-state index is 0.105. The van der Waals surface area contributed by atoms with Gasteiger partial charge in [0.25, 0.3) is 40.5 Å². The van der Waals surface area contributed by atoms with Crippen LogP contribution in [-0.4, -0.2) is 230 Å². The number of aliphatic hydroxyl groups is 8. The summed E-state index contributed by atoms with van der Waals surface area (Å²) in [4.78, 5) is 24.8. The van der Waals surface area contributed by atoms with Gasteiger partial charge in [0.1, 0.15) is 41.7 Å². The van der Waals surface area contributed by atoms with Crippen LogP contribution in [0.25, 0.3) is 12.2 Å². The van der Waals surface area contributed by atoms with Crippen molar-refractivity contribution in [2.24, 2.45) is 0 Å². The highest BCUT2D eigenvalue weighted by Crippen LogP contribution is 2.48. The van der Waals surface area contributed by atoms with E-state index < -0.39 is 143 Å². The normalized spacial score (nSPS) is 18.5. The summed E-state index contributed by atoms with van der Waals surface area (Å²) < 4.78 is 135. The van der Waals surface area contributed by atoms with E-state index in [0.29, 0.717) is 0 Å². The number of nitrogens with zero attached hydrogens (tertiary/aromatic N) is 8. The number of quaternary nitrogens is 1. The topological polar surface area (TPSA) is 508 Å². The number of anilines is 7. The summed E-state index contributed by atoms with van der Waals surface area (Å²) in [7, 11) is -19.2. The first-order chi connectivity index (χ1) is 34.1. The number of hydrogen-bond donors (Lipinski definition) is 16. The van der Waals surface area contributed by atoms with Crippen LogP contribution in [0.2, 0.25) is 0 Å². The molecule has 404 valence electrons. The zero-order valence-corrected chi connectivity index (χ0v) is 41.2. The minimum Gasteiger partial charge on any atom is -0.395 e. The molecule has 0 bridgehead atoms. The molecule has 3 heterocycles. The van der Waals surface area contributed by atoms with E-state index in [0.717, 1.165) is 41.3 Å². The van der Waals surface area contributed by atoms with Crippen LogP contribution >= 0.6 is 0 Å². The lowest BCUT2D eigenvalue weighted by atomic mass is 10.0. The molecule has 1 aliphatic rings. The SMILES string of the molecule is O=S(=O)(O)CCNc1nc(Nc2ccc(C=Cc3ccc(Nc4nc(NCCS(=O)(=O)O)nc([N+]5(CCO)CC5(CO)C(O)CO)n4)cc3S(=O)(=O)O)c(S(=O)(=O)O)c2)nc(N(CCO)CC(O)C(O)CO)n1. The molecule has 36 heteroatoms. The lowest BCUT2D eigenvalue weighted by Crippen LogP contribution is -2.50. The van der Waals surface area contributed by atoms with Crippen molar-refractivity contribution >= 4 is 99.7 Å². The lowest BCUT2D eigenvalue weighted by molar-refractivity contribution is -0.0101. The highest BCUT2D eigenvalue weighted by Gasteiger charge is 2.76. The Balaban J connectivity index is 1.50. The van der Waals surface area contributed by atoms with Crippen molar-refractivity contribution in [2.45, 2.75) is 33.6 Å². The second-order valence-electron chi connectivity index (χ2n) is 16.0. The van der Waals surface area contributed by atoms with Crippen LogP contribution in [0.5, 0.6) is 0 Å². The summed E-state index contributed by atoms with van der Waals surface area (Å²) in [5.41, 5.74) is -2.27. The molecule has 0 saturated carbocycles. The smallest absolute Gasteiger partial charge is 0.336 e. The second-order valence-corrected chi connectivity index (χ2v) is 22.0. The van der Waals surface area contributed by atoms with E-state index in [2.05, 4.69) is 51.2 Å².